The van der Waals surface area contributed by atoms with E-state index in [-0.39, 0.29) is 31.7 Å². The summed E-state index contributed by atoms with van der Waals surface area (Å²) >= 11 is 0. The van der Waals surface area contributed by atoms with E-state index in [0.717, 1.165) is 19.3 Å². The van der Waals surface area contributed by atoms with Crippen LogP contribution >= 0.6 is 0 Å². The molecule has 0 aliphatic heterocycles. The summed E-state index contributed by atoms with van der Waals surface area (Å²) in [5.74, 6) is -0.811. The zero-order valence-electron chi connectivity index (χ0n) is 14.6. The van der Waals surface area contributed by atoms with Gasteiger partial charge in [-0.05, 0) is 26.2 Å². The molecule has 0 heterocycles. The molecule has 0 aliphatic carbocycles. The zero-order valence-corrected chi connectivity index (χ0v) is 14.6. The molecule has 1 unspecified atom stereocenters. The van der Waals surface area contributed by atoms with Crippen molar-refractivity contribution in [3.63, 3.8) is 0 Å². The van der Waals surface area contributed by atoms with Gasteiger partial charge in [-0.15, -0.1) is 0 Å². The van der Waals surface area contributed by atoms with Crippen LogP contribution in [0.15, 0.2) is 12.2 Å². The van der Waals surface area contributed by atoms with Crippen LogP contribution in [0.3, 0.4) is 0 Å². The third-order valence-electron chi connectivity index (χ3n) is 3.49. The average molecular weight is 328 g/mol. The van der Waals surface area contributed by atoms with Gasteiger partial charge >= 0.3 is 11.9 Å². The van der Waals surface area contributed by atoms with Gasteiger partial charge < -0.3 is 14.6 Å². The molecule has 1 atom stereocenters. The van der Waals surface area contributed by atoms with Crippen LogP contribution in [0.5, 0.6) is 0 Å². The van der Waals surface area contributed by atoms with Crippen molar-refractivity contribution in [2.45, 2.75) is 77.7 Å². The van der Waals surface area contributed by atoms with Crippen LogP contribution in [-0.4, -0.2) is 36.4 Å². The smallest absolute Gasteiger partial charge is 0.333 e. The molecule has 5 nitrogen and oxygen atoms in total. The average Bonchev–Trinajstić information content (AvgIpc) is 2.51. The number of esters is 2. The maximum absolute atomic E-state index is 11.5. The third-order valence-corrected chi connectivity index (χ3v) is 3.49. The van der Waals surface area contributed by atoms with Crippen molar-refractivity contribution in [2.75, 3.05) is 13.2 Å². The molecule has 0 aromatic carbocycles. The van der Waals surface area contributed by atoms with Crippen LogP contribution in [0.25, 0.3) is 0 Å². The van der Waals surface area contributed by atoms with Gasteiger partial charge in [0.15, 0.2) is 0 Å². The minimum atomic E-state index is -0.483. The number of rotatable bonds is 14. The highest BCUT2D eigenvalue weighted by molar-refractivity contribution is 5.86. The lowest BCUT2D eigenvalue weighted by molar-refractivity contribution is -0.150. The summed E-state index contributed by atoms with van der Waals surface area (Å²) in [5, 5.41) is 9.83. The first-order valence-electron chi connectivity index (χ1n) is 8.63. The molecule has 0 rings (SSSR count). The fourth-order valence-corrected chi connectivity index (χ4v) is 2.10. The SMILES string of the molecule is C=C(C)C(=O)OCCOC(=O)CCCC(O)CCCCCCC. The third kappa shape index (κ3) is 14.0. The monoisotopic (exact) mass is 328 g/mol. The lowest BCUT2D eigenvalue weighted by atomic mass is 10.0. The maximum atomic E-state index is 11.5. The largest absolute Gasteiger partial charge is 0.462 e. The molecule has 0 spiro atoms. The quantitative estimate of drug-likeness (QED) is 0.300. The van der Waals surface area contributed by atoms with Crippen molar-refractivity contribution in [1.29, 1.82) is 0 Å². The fourth-order valence-electron chi connectivity index (χ4n) is 2.10. The van der Waals surface area contributed by atoms with Crippen LogP contribution in [0, 0.1) is 0 Å². The van der Waals surface area contributed by atoms with Gasteiger partial charge in [0.1, 0.15) is 13.2 Å². The summed E-state index contributed by atoms with van der Waals surface area (Å²) in [5.41, 5.74) is 0.319. The lowest BCUT2D eigenvalue weighted by Gasteiger charge is -2.10. The van der Waals surface area contributed by atoms with E-state index in [0.29, 0.717) is 18.4 Å². The van der Waals surface area contributed by atoms with Gasteiger partial charge in [-0.3, -0.25) is 4.79 Å². The molecular weight excluding hydrogens is 296 g/mol. The molecule has 23 heavy (non-hydrogen) atoms. The second-order valence-corrected chi connectivity index (χ2v) is 5.89. The Hall–Kier alpha value is -1.36. The molecule has 0 radical (unpaired) electrons. The van der Waals surface area contributed by atoms with E-state index in [4.69, 9.17) is 9.47 Å². The maximum Gasteiger partial charge on any atom is 0.333 e. The number of ether oxygens (including phenoxy) is 2. The second-order valence-electron chi connectivity index (χ2n) is 5.89. The predicted molar refractivity (Wildman–Crippen MR) is 90.0 cm³/mol. The zero-order chi connectivity index (χ0) is 17.5. The van der Waals surface area contributed by atoms with Crippen molar-refractivity contribution >= 4 is 11.9 Å². The number of carbonyl (C=O) groups is 2. The van der Waals surface area contributed by atoms with E-state index in [9.17, 15) is 14.7 Å². The molecule has 0 aromatic heterocycles. The van der Waals surface area contributed by atoms with Crippen molar-refractivity contribution in [3.05, 3.63) is 12.2 Å². The number of unbranched alkanes of at least 4 members (excludes halogenated alkanes) is 4. The van der Waals surface area contributed by atoms with E-state index in [1.165, 1.54) is 19.3 Å². The van der Waals surface area contributed by atoms with Crippen LogP contribution in [0.2, 0.25) is 0 Å². The fraction of sp³-hybridized carbons (Fsp3) is 0.778. The van der Waals surface area contributed by atoms with Gasteiger partial charge in [-0.2, -0.15) is 0 Å². The summed E-state index contributed by atoms with van der Waals surface area (Å²) < 4.78 is 9.77. The minimum Gasteiger partial charge on any atom is -0.462 e. The summed E-state index contributed by atoms with van der Waals surface area (Å²) in [7, 11) is 0. The molecule has 0 saturated heterocycles. The Bertz CT molecular complexity index is 351. The summed E-state index contributed by atoms with van der Waals surface area (Å²) in [6.07, 6.45) is 7.88. The molecule has 0 aliphatic rings. The molecule has 1 N–H and O–H groups in total. The van der Waals surface area contributed by atoms with E-state index in [1.807, 2.05) is 0 Å². The first-order chi connectivity index (χ1) is 11.0. The normalized spacial score (nSPS) is 11.8. The Morgan fingerprint density at radius 3 is 2.26 bits per heavy atom. The Balaban J connectivity index is 3.48. The van der Waals surface area contributed by atoms with Gasteiger partial charge in [0, 0.05) is 12.0 Å². The first kappa shape index (κ1) is 21.6. The van der Waals surface area contributed by atoms with E-state index in [2.05, 4.69) is 13.5 Å². The Kier molecular flexibility index (Phi) is 13.4. The highest BCUT2D eigenvalue weighted by Gasteiger charge is 2.08. The molecular formula is C18H32O5. The van der Waals surface area contributed by atoms with Gasteiger partial charge in [-0.1, -0.05) is 45.6 Å². The van der Waals surface area contributed by atoms with Crippen LogP contribution < -0.4 is 0 Å². The number of hydrogen-bond donors (Lipinski definition) is 1. The van der Waals surface area contributed by atoms with Crippen molar-refractivity contribution in [1.82, 2.24) is 0 Å². The number of aliphatic hydroxyl groups excluding tert-OH is 1. The molecule has 134 valence electrons. The van der Waals surface area contributed by atoms with Gasteiger partial charge in [0.05, 0.1) is 6.10 Å². The highest BCUT2D eigenvalue weighted by atomic mass is 16.6. The van der Waals surface area contributed by atoms with Gasteiger partial charge in [0.25, 0.3) is 0 Å². The number of hydrogen-bond acceptors (Lipinski definition) is 5. The Labute approximate surface area is 140 Å². The molecule has 5 heteroatoms. The predicted octanol–water partition coefficient (Wildman–Crippen LogP) is 3.54. The van der Waals surface area contributed by atoms with Crippen LogP contribution in [0.1, 0.15) is 71.6 Å². The number of carbonyl (C=O) groups excluding carboxylic acids is 2. The Morgan fingerprint density at radius 2 is 1.61 bits per heavy atom. The molecule has 0 fully saturated rings. The van der Waals surface area contributed by atoms with Crippen LogP contribution in [-0.2, 0) is 19.1 Å². The van der Waals surface area contributed by atoms with E-state index < -0.39 is 5.97 Å². The van der Waals surface area contributed by atoms with Crippen LogP contribution in [0.4, 0.5) is 0 Å². The van der Waals surface area contributed by atoms with Crippen molar-refractivity contribution < 1.29 is 24.2 Å². The first-order valence-corrected chi connectivity index (χ1v) is 8.63. The highest BCUT2D eigenvalue weighted by Crippen LogP contribution is 2.11. The van der Waals surface area contributed by atoms with E-state index in [1.54, 1.807) is 6.92 Å². The summed E-state index contributed by atoms with van der Waals surface area (Å²) in [4.78, 5) is 22.6. The molecule has 0 saturated carbocycles. The molecule has 0 amide bonds. The van der Waals surface area contributed by atoms with Crippen molar-refractivity contribution in [2.24, 2.45) is 0 Å². The summed E-state index contributed by atoms with van der Waals surface area (Å²) in [6.45, 7) is 7.29. The topological polar surface area (TPSA) is 72.8 Å². The van der Waals surface area contributed by atoms with Crippen molar-refractivity contribution in [3.8, 4) is 0 Å². The molecule has 0 aromatic rings. The number of aliphatic hydroxyl groups is 1. The van der Waals surface area contributed by atoms with E-state index >= 15 is 0 Å². The molecule has 0 bridgehead atoms. The standard InChI is InChI=1S/C18H32O5/c1-4-5-6-7-8-10-16(19)11-9-12-17(20)22-13-14-23-18(21)15(2)3/h16,19H,2,4-14H2,1,3H3. The lowest BCUT2D eigenvalue weighted by Crippen LogP contribution is -2.14. The van der Waals surface area contributed by atoms with Gasteiger partial charge in [0.2, 0.25) is 0 Å². The second kappa shape index (κ2) is 14.2. The Morgan fingerprint density at radius 1 is 1.00 bits per heavy atom. The minimum absolute atomic E-state index is 0.0395. The van der Waals surface area contributed by atoms with Gasteiger partial charge in [-0.25, -0.2) is 4.79 Å². The summed E-state index contributed by atoms with van der Waals surface area (Å²) in [6, 6.07) is 0.